The van der Waals surface area contributed by atoms with Crippen LogP contribution in [0.2, 0.25) is 5.02 Å². The number of halogens is 1. The molecule has 29 heavy (non-hydrogen) atoms. The van der Waals surface area contributed by atoms with Gasteiger partial charge in [-0.15, -0.1) is 11.3 Å². The van der Waals surface area contributed by atoms with E-state index in [1.54, 1.807) is 24.3 Å². The van der Waals surface area contributed by atoms with E-state index in [9.17, 15) is 9.59 Å². The van der Waals surface area contributed by atoms with Crippen molar-refractivity contribution in [3.63, 3.8) is 0 Å². The zero-order chi connectivity index (χ0) is 20.6. The Kier molecular flexibility index (Phi) is 7.27. The molecule has 1 aromatic heterocycles. The van der Waals surface area contributed by atoms with E-state index in [2.05, 4.69) is 10.6 Å². The molecular weight excluding hydrogens is 408 g/mol. The van der Waals surface area contributed by atoms with Crippen LogP contribution in [0.3, 0.4) is 0 Å². The highest BCUT2D eigenvalue weighted by atomic mass is 35.5. The van der Waals surface area contributed by atoms with Crippen LogP contribution in [0, 0.1) is 6.92 Å². The molecule has 0 atom stereocenters. The van der Waals surface area contributed by atoms with E-state index in [-0.39, 0.29) is 18.2 Å². The number of benzene rings is 2. The van der Waals surface area contributed by atoms with Crippen LogP contribution >= 0.6 is 22.9 Å². The molecule has 3 aromatic rings. The smallest absolute Gasteiger partial charge is 0.261 e. The lowest BCUT2D eigenvalue weighted by Crippen LogP contribution is -2.24. The molecular formula is C22H21ClN2O3S. The van der Waals surface area contributed by atoms with Crippen molar-refractivity contribution in [2.24, 2.45) is 0 Å². The fourth-order valence-corrected chi connectivity index (χ4v) is 3.39. The molecule has 0 bridgehead atoms. The van der Waals surface area contributed by atoms with Crippen molar-refractivity contribution in [2.75, 3.05) is 11.9 Å². The lowest BCUT2D eigenvalue weighted by molar-refractivity contribution is -0.116. The highest BCUT2D eigenvalue weighted by Crippen LogP contribution is 2.32. The average Bonchev–Trinajstić information content (AvgIpc) is 3.24. The Morgan fingerprint density at radius 3 is 2.62 bits per heavy atom. The fourth-order valence-electron chi connectivity index (χ4n) is 2.58. The van der Waals surface area contributed by atoms with Crippen LogP contribution in [0.1, 0.15) is 28.1 Å². The molecule has 3 rings (SSSR count). The Morgan fingerprint density at radius 1 is 1.10 bits per heavy atom. The van der Waals surface area contributed by atoms with Gasteiger partial charge in [-0.05, 0) is 55.1 Å². The van der Waals surface area contributed by atoms with Gasteiger partial charge in [-0.25, -0.2) is 0 Å². The van der Waals surface area contributed by atoms with Gasteiger partial charge in [0, 0.05) is 18.0 Å². The van der Waals surface area contributed by atoms with Crippen LogP contribution in [0.5, 0.6) is 11.5 Å². The second-order valence-corrected chi connectivity index (χ2v) is 7.82. The summed E-state index contributed by atoms with van der Waals surface area (Å²) in [6.07, 6.45) is 0.791. The first-order valence-electron chi connectivity index (χ1n) is 9.17. The molecule has 0 radical (unpaired) electrons. The number of carbonyl (C=O) groups excluding carboxylic acids is 2. The SMILES string of the molecule is Cc1ccc(Oc2ccc(Cl)cc2NC(=O)CCCNC(=O)c2cccs2)cc1. The van der Waals surface area contributed by atoms with Crippen LogP contribution in [-0.2, 0) is 4.79 Å². The van der Waals surface area contributed by atoms with Crippen molar-refractivity contribution >= 4 is 40.4 Å². The van der Waals surface area contributed by atoms with E-state index in [4.69, 9.17) is 16.3 Å². The van der Waals surface area contributed by atoms with Gasteiger partial charge < -0.3 is 15.4 Å². The molecule has 0 spiro atoms. The Morgan fingerprint density at radius 2 is 1.90 bits per heavy atom. The first-order chi connectivity index (χ1) is 14.0. The van der Waals surface area contributed by atoms with Crippen molar-refractivity contribution in [1.29, 1.82) is 0 Å². The maximum Gasteiger partial charge on any atom is 0.261 e. The van der Waals surface area contributed by atoms with Gasteiger partial charge in [-0.2, -0.15) is 0 Å². The van der Waals surface area contributed by atoms with E-state index in [1.165, 1.54) is 11.3 Å². The van der Waals surface area contributed by atoms with Crippen LogP contribution in [0.15, 0.2) is 60.0 Å². The molecule has 0 fully saturated rings. The zero-order valence-corrected chi connectivity index (χ0v) is 17.5. The highest BCUT2D eigenvalue weighted by molar-refractivity contribution is 7.12. The largest absolute Gasteiger partial charge is 0.455 e. The summed E-state index contributed by atoms with van der Waals surface area (Å²) < 4.78 is 5.89. The summed E-state index contributed by atoms with van der Waals surface area (Å²) in [6.45, 7) is 2.42. The number of thiophene rings is 1. The van der Waals surface area contributed by atoms with Gasteiger partial charge in [0.2, 0.25) is 5.91 Å². The number of ether oxygens (including phenoxy) is 1. The first kappa shape index (κ1) is 20.9. The van der Waals surface area contributed by atoms with Crippen LogP contribution in [0.25, 0.3) is 0 Å². The van der Waals surface area contributed by atoms with Gasteiger partial charge in [0.05, 0.1) is 10.6 Å². The number of carbonyl (C=O) groups is 2. The van der Waals surface area contributed by atoms with E-state index in [0.29, 0.717) is 40.1 Å². The molecule has 7 heteroatoms. The number of amides is 2. The van der Waals surface area contributed by atoms with Crippen molar-refractivity contribution in [2.45, 2.75) is 19.8 Å². The summed E-state index contributed by atoms with van der Waals surface area (Å²) >= 11 is 7.46. The Bertz CT molecular complexity index is 972. The first-order valence-corrected chi connectivity index (χ1v) is 10.4. The van der Waals surface area contributed by atoms with Gasteiger partial charge >= 0.3 is 0 Å². The summed E-state index contributed by atoms with van der Waals surface area (Å²) in [5.41, 5.74) is 1.64. The summed E-state index contributed by atoms with van der Waals surface area (Å²) in [4.78, 5) is 24.9. The summed E-state index contributed by atoms with van der Waals surface area (Å²) in [5.74, 6) is 0.887. The summed E-state index contributed by atoms with van der Waals surface area (Å²) in [6, 6.07) is 16.3. The van der Waals surface area contributed by atoms with Crippen molar-refractivity contribution in [3.8, 4) is 11.5 Å². The number of nitrogens with one attached hydrogen (secondary N) is 2. The van der Waals surface area contributed by atoms with Crippen molar-refractivity contribution < 1.29 is 14.3 Å². The van der Waals surface area contributed by atoms with Gasteiger partial charge in [-0.3, -0.25) is 9.59 Å². The van der Waals surface area contributed by atoms with Crippen molar-refractivity contribution in [3.05, 3.63) is 75.4 Å². The minimum Gasteiger partial charge on any atom is -0.455 e. The number of hydrogen-bond donors (Lipinski definition) is 2. The van der Waals surface area contributed by atoms with Gasteiger partial charge in [0.25, 0.3) is 5.91 Å². The molecule has 0 aliphatic heterocycles. The second-order valence-electron chi connectivity index (χ2n) is 6.44. The highest BCUT2D eigenvalue weighted by Gasteiger charge is 2.11. The van der Waals surface area contributed by atoms with E-state index < -0.39 is 0 Å². The van der Waals surface area contributed by atoms with Crippen LogP contribution in [0.4, 0.5) is 5.69 Å². The molecule has 5 nitrogen and oxygen atoms in total. The molecule has 0 aliphatic carbocycles. The van der Waals surface area contributed by atoms with Crippen molar-refractivity contribution in [1.82, 2.24) is 5.32 Å². The maximum absolute atomic E-state index is 12.3. The third-order valence-corrected chi connectivity index (χ3v) is 5.18. The molecule has 0 aliphatic rings. The normalized spacial score (nSPS) is 10.4. The minimum atomic E-state index is -0.175. The van der Waals surface area contributed by atoms with Crippen LogP contribution in [-0.4, -0.2) is 18.4 Å². The lowest BCUT2D eigenvalue weighted by Gasteiger charge is -2.13. The van der Waals surface area contributed by atoms with Crippen LogP contribution < -0.4 is 15.4 Å². The molecule has 150 valence electrons. The number of aryl methyl sites for hydroxylation is 1. The van der Waals surface area contributed by atoms with Gasteiger partial charge in [0.1, 0.15) is 5.75 Å². The molecule has 1 heterocycles. The Hall–Kier alpha value is -2.83. The number of hydrogen-bond acceptors (Lipinski definition) is 4. The molecule has 0 saturated heterocycles. The predicted molar refractivity (Wildman–Crippen MR) is 117 cm³/mol. The van der Waals surface area contributed by atoms with E-state index in [0.717, 1.165) is 5.56 Å². The topological polar surface area (TPSA) is 67.4 Å². The molecule has 2 aromatic carbocycles. The van der Waals surface area contributed by atoms with E-state index >= 15 is 0 Å². The average molecular weight is 429 g/mol. The van der Waals surface area contributed by atoms with Gasteiger partial charge in [-0.1, -0.05) is 35.4 Å². The molecule has 2 N–H and O–H groups in total. The molecule has 0 saturated carbocycles. The monoisotopic (exact) mass is 428 g/mol. The quantitative estimate of drug-likeness (QED) is 0.455. The number of anilines is 1. The lowest BCUT2D eigenvalue weighted by atomic mass is 10.2. The third kappa shape index (κ3) is 6.34. The summed E-state index contributed by atoms with van der Waals surface area (Å²) in [5, 5.41) is 8.00. The number of rotatable bonds is 8. The zero-order valence-electron chi connectivity index (χ0n) is 15.9. The second kappa shape index (κ2) is 10.1. The standard InChI is InChI=1S/C22H21ClN2O3S/c1-15-6-9-17(10-7-15)28-19-11-8-16(23)14-18(19)25-21(26)5-2-12-24-22(27)20-4-3-13-29-20/h3-4,6-11,13-14H,2,5,12H2,1H3,(H,24,27)(H,25,26). The Balaban J connectivity index is 1.53. The Labute approximate surface area is 178 Å². The fraction of sp³-hybridized carbons (Fsp3) is 0.182. The maximum atomic E-state index is 12.3. The predicted octanol–water partition coefficient (Wildman–Crippen LogP) is 5.65. The molecule has 0 unspecified atom stereocenters. The summed E-state index contributed by atoms with van der Waals surface area (Å²) in [7, 11) is 0. The van der Waals surface area contributed by atoms with E-state index in [1.807, 2.05) is 42.6 Å². The molecule has 2 amide bonds. The minimum absolute atomic E-state index is 0.121. The third-order valence-electron chi connectivity index (χ3n) is 4.08. The van der Waals surface area contributed by atoms with Gasteiger partial charge in [0.15, 0.2) is 5.75 Å².